The van der Waals surface area contributed by atoms with E-state index < -0.39 is 0 Å². The van der Waals surface area contributed by atoms with Crippen LogP contribution in [0.5, 0.6) is 0 Å². The van der Waals surface area contributed by atoms with Crippen molar-refractivity contribution in [3.05, 3.63) is 24.0 Å². The standard InChI is InChI=1S/C6H6N4/c1-2-4-8-10-5-7-9-6(10)3-1/h1-4H,5H2. The molecule has 10 heavy (non-hydrogen) atoms. The molecule has 0 bridgehead atoms. The molecule has 0 N–H and O–H groups in total. The molecule has 0 atom stereocenters. The van der Waals surface area contributed by atoms with Crippen molar-refractivity contribution in [2.24, 2.45) is 15.3 Å². The van der Waals surface area contributed by atoms with Crippen LogP contribution in [0.1, 0.15) is 0 Å². The van der Waals surface area contributed by atoms with Crippen LogP contribution in [-0.4, -0.2) is 17.9 Å². The third-order valence-corrected chi connectivity index (χ3v) is 1.28. The molecule has 2 aliphatic heterocycles. The number of hydrazone groups is 1. The second-order valence-electron chi connectivity index (χ2n) is 1.96. The number of fused-ring (bicyclic) bond motifs is 1. The normalized spacial score (nSPS) is 20.8. The monoisotopic (exact) mass is 134 g/mol. The van der Waals surface area contributed by atoms with Crippen LogP contribution in [0.25, 0.3) is 0 Å². The average Bonchev–Trinajstić information content (AvgIpc) is 2.28. The lowest BCUT2D eigenvalue weighted by Crippen LogP contribution is -2.09. The van der Waals surface area contributed by atoms with Gasteiger partial charge in [-0.3, -0.25) is 0 Å². The molecule has 4 nitrogen and oxygen atoms in total. The highest BCUT2D eigenvalue weighted by molar-refractivity contribution is 5.71. The Kier molecular flexibility index (Phi) is 1.10. The van der Waals surface area contributed by atoms with Crippen LogP contribution in [-0.2, 0) is 0 Å². The third kappa shape index (κ3) is 0.737. The summed E-state index contributed by atoms with van der Waals surface area (Å²) < 4.78 is 0. The van der Waals surface area contributed by atoms with E-state index in [0.717, 1.165) is 5.82 Å². The molecule has 2 rings (SSSR count). The van der Waals surface area contributed by atoms with Crippen LogP contribution in [0.4, 0.5) is 0 Å². The van der Waals surface area contributed by atoms with Crippen molar-refractivity contribution in [2.75, 3.05) is 6.67 Å². The quantitative estimate of drug-likeness (QED) is 0.489. The number of hydrogen-bond acceptors (Lipinski definition) is 4. The van der Waals surface area contributed by atoms with Gasteiger partial charge in [0.05, 0.1) is 0 Å². The van der Waals surface area contributed by atoms with Crippen LogP contribution in [0.15, 0.2) is 39.4 Å². The molecule has 50 valence electrons. The van der Waals surface area contributed by atoms with Gasteiger partial charge in [0.25, 0.3) is 0 Å². The van der Waals surface area contributed by atoms with Crippen molar-refractivity contribution in [3.8, 4) is 0 Å². The van der Waals surface area contributed by atoms with Gasteiger partial charge in [-0.25, -0.2) is 5.01 Å². The highest BCUT2D eigenvalue weighted by Crippen LogP contribution is 2.15. The third-order valence-electron chi connectivity index (χ3n) is 1.28. The van der Waals surface area contributed by atoms with E-state index >= 15 is 0 Å². The van der Waals surface area contributed by atoms with Gasteiger partial charge in [-0.15, -0.1) is 5.11 Å². The Morgan fingerprint density at radius 1 is 1.40 bits per heavy atom. The molecule has 2 heterocycles. The van der Waals surface area contributed by atoms with E-state index in [9.17, 15) is 0 Å². The highest BCUT2D eigenvalue weighted by Gasteiger charge is 2.11. The summed E-state index contributed by atoms with van der Waals surface area (Å²) in [6, 6.07) is 0. The van der Waals surface area contributed by atoms with Crippen molar-refractivity contribution >= 4 is 6.21 Å². The summed E-state index contributed by atoms with van der Waals surface area (Å²) in [4.78, 5) is 0. The Hall–Kier alpha value is -1.45. The Labute approximate surface area is 58.2 Å². The lowest BCUT2D eigenvalue weighted by atomic mass is 10.5. The van der Waals surface area contributed by atoms with Gasteiger partial charge in [0, 0.05) is 6.21 Å². The summed E-state index contributed by atoms with van der Waals surface area (Å²) in [6.07, 6.45) is 7.35. The predicted molar refractivity (Wildman–Crippen MR) is 37.3 cm³/mol. The summed E-state index contributed by atoms with van der Waals surface area (Å²) in [5, 5.41) is 13.5. The first-order valence-electron chi connectivity index (χ1n) is 3.03. The first kappa shape index (κ1) is 5.34. The van der Waals surface area contributed by atoms with E-state index in [1.165, 1.54) is 0 Å². The Morgan fingerprint density at radius 3 is 3.40 bits per heavy atom. The number of allylic oxidation sites excluding steroid dienone is 3. The number of rotatable bonds is 0. The van der Waals surface area contributed by atoms with Crippen LogP contribution >= 0.6 is 0 Å². The van der Waals surface area contributed by atoms with E-state index in [1.54, 1.807) is 11.2 Å². The van der Waals surface area contributed by atoms with E-state index in [0.29, 0.717) is 6.67 Å². The van der Waals surface area contributed by atoms with Crippen molar-refractivity contribution in [2.45, 2.75) is 0 Å². The SMILES string of the molecule is C1=CC=C2N=NCN2N=C1. The number of azo groups is 1. The lowest BCUT2D eigenvalue weighted by Gasteiger charge is -2.05. The molecule has 0 saturated carbocycles. The molecule has 0 amide bonds. The summed E-state index contributed by atoms with van der Waals surface area (Å²) in [7, 11) is 0. The Balaban J connectivity index is 2.36. The molecule has 0 radical (unpaired) electrons. The van der Waals surface area contributed by atoms with E-state index in [2.05, 4.69) is 15.3 Å². The second-order valence-corrected chi connectivity index (χ2v) is 1.96. The van der Waals surface area contributed by atoms with Gasteiger partial charge < -0.3 is 0 Å². The van der Waals surface area contributed by atoms with Gasteiger partial charge >= 0.3 is 0 Å². The molecular formula is C6H6N4. The fraction of sp³-hybridized carbons (Fsp3) is 0.167. The smallest absolute Gasteiger partial charge is 0.172 e. The second kappa shape index (κ2) is 2.06. The summed E-state index contributed by atoms with van der Waals surface area (Å²) in [5.41, 5.74) is 0. The highest BCUT2D eigenvalue weighted by atomic mass is 15.6. The molecule has 4 heteroatoms. The maximum absolute atomic E-state index is 4.05. The van der Waals surface area contributed by atoms with Crippen LogP contribution in [0.3, 0.4) is 0 Å². The Morgan fingerprint density at radius 2 is 2.40 bits per heavy atom. The molecule has 0 aromatic rings. The van der Waals surface area contributed by atoms with Crippen LogP contribution in [0, 0.1) is 0 Å². The zero-order valence-electron chi connectivity index (χ0n) is 5.31. The summed E-state index contributed by atoms with van der Waals surface area (Å²) in [5.74, 6) is 0.810. The molecule has 0 aromatic heterocycles. The van der Waals surface area contributed by atoms with E-state index in [-0.39, 0.29) is 0 Å². The fourth-order valence-corrected chi connectivity index (χ4v) is 0.813. The maximum Gasteiger partial charge on any atom is 0.172 e. The van der Waals surface area contributed by atoms with Gasteiger partial charge in [-0.1, -0.05) is 6.08 Å². The first-order chi connectivity index (χ1) is 4.97. The van der Waals surface area contributed by atoms with Gasteiger partial charge in [-0.05, 0) is 12.2 Å². The molecule has 0 aromatic carbocycles. The van der Waals surface area contributed by atoms with Crippen molar-refractivity contribution in [1.29, 1.82) is 0 Å². The van der Waals surface area contributed by atoms with E-state index in [1.807, 2.05) is 18.2 Å². The van der Waals surface area contributed by atoms with Gasteiger partial charge in [0.15, 0.2) is 12.5 Å². The minimum absolute atomic E-state index is 0.546. The lowest BCUT2D eigenvalue weighted by molar-refractivity contribution is 0.413. The minimum atomic E-state index is 0.546. The molecule has 0 unspecified atom stereocenters. The Bertz CT molecular complexity index is 248. The molecule has 2 aliphatic rings. The van der Waals surface area contributed by atoms with E-state index in [4.69, 9.17) is 0 Å². The molecule has 0 spiro atoms. The maximum atomic E-state index is 4.05. The molecule has 0 aliphatic carbocycles. The minimum Gasteiger partial charge on any atom is -0.222 e. The average molecular weight is 134 g/mol. The zero-order valence-corrected chi connectivity index (χ0v) is 5.31. The predicted octanol–water partition coefficient (Wildman–Crippen LogP) is 1.11. The number of nitrogens with zero attached hydrogens (tertiary/aromatic N) is 4. The summed E-state index contributed by atoms with van der Waals surface area (Å²) >= 11 is 0. The fourth-order valence-electron chi connectivity index (χ4n) is 0.813. The van der Waals surface area contributed by atoms with Crippen LogP contribution < -0.4 is 0 Å². The molecule has 0 saturated heterocycles. The van der Waals surface area contributed by atoms with Crippen LogP contribution in [0.2, 0.25) is 0 Å². The zero-order chi connectivity index (χ0) is 6.81. The van der Waals surface area contributed by atoms with Gasteiger partial charge in [0.2, 0.25) is 0 Å². The van der Waals surface area contributed by atoms with Gasteiger partial charge in [0.1, 0.15) is 0 Å². The largest absolute Gasteiger partial charge is 0.222 e. The van der Waals surface area contributed by atoms with Crippen molar-refractivity contribution in [1.82, 2.24) is 5.01 Å². The van der Waals surface area contributed by atoms with Crippen molar-refractivity contribution in [3.63, 3.8) is 0 Å². The molecule has 0 fully saturated rings. The topological polar surface area (TPSA) is 40.3 Å². The van der Waals surface area contributed by atoms with Crippen molar-refractivity contribution < 1.29 is 0 Å². The summed E-state index contributed by atoms with van der Waals surface area (Å²) in [6.45, 7) is 0.546. The van der Waals surface area contributed by atoms with Gasteiger partial charge in [-0.2, -0.15) is 10.2 Å². The molecular weight excluding hydrogens is 128 g/mol. The first-order valence-corrected chi connectivity index (χ1v) is 3.03. The number of hydrogen-bond donors (Lipinski definition) is 0.